The molecule has 0 rings (SSSR count). The Morgan fingerprint density at radius 2 is 0.200 bits per heavy atom. The van der Waals surface area contributed by atoms with Gasteiger partial charge in [0.1, 0.15) is 0 Å². The third kappa shape index (κ3) is 51.5. The van der Waals surface area contributed by atoms with E-state index in [0.717, 1.165) is 0 Å². The number of rotatable bonds is 0. The van der Waals surface area contributed by atoms with Crippen molar-refractivity contribution < 1.29 is 317 Å². The van der Waals surface area contributed by atoms with Crippen molar-refractivity contribution in [3.8, 4) is 0 Å². The fraction of sp³-hybridized carbons (Fsp3) is 0. The van der Waals surface area contributed by atoms with Crippen LogP contribution in [0, 0.1) is 267 Å². The molecule has 0 aromatic carbocycles. The summed E-state index contributed by atoms with van der Waals surface area (Å²) in [5.74, 6) is 0. The fourth-order valence-electron chi connectivity index (χ4n) is 0. The summed E-state index contributed by atoms with van der Waals surface area (Å²) in [4.78, 5) is 0. The first-order valence-corrected chi connectivity index (χ1v) is 0. The van der Waals surface area contributed by atoms with E-state index in [1.807, 2.05) is 0 Å². The Kier molecular flexibility index (Phi) is 431. The summed E-state index contributed by atoms with van der Waals surface area (Å²) in [6.07, 6.45) is 0. The van der Waals surface area contributed by atoms with Gasteiger partial charge >= 0.3 is 0 Å². The molecule has 0 aliphatic carbocycles. The summed E-state index contributed by atoms with van der Waals surface area (Å²) in [6.45, 7) is 0. The molecule has 0 amide bonds. The van der Waals surface area contributed by atoms with Crippen molar-refractivity contribution in [1.82, 2.24) is 0 Å². The van der Waals surface area contributed by atoms with Crippen molar-refractivity contribution in [3.05, 3.63) is 0 Å². The minimum absolute atomic E-state index is 0. The molecule has 10 heteroatoms. The maximum absolute atomic E-state index is 0. The molecule has 0 aliphatic heterocycles. The van der Waals surface area contributed by atoms with Crippen LogP contribution < -0.4 is 0 Å². The van der Waals surface area contributed by atoms with Crippen LogP contribution in [0.5, 0.6) is 0 Å². The van der Waals surface area contributed by atoms with E-state index < -0.39 is 0 Å². The van der Waals surface area contributed by atoms with Gasteiger partial charge in [-0.1, -0.05) is 0 Å². The summed E-state index contributed by atoms with van der Waals surface area (Å²) < 4.78 is 0. The second kappa shape index (κ2) is 60.7. The first-order valence-electron chi connectivity index (χ1n) is 0. The normalized spacial score (nSPS) is 0. The van der Waals surface area contributed by atoms with Crippen molar-refractivity contribution in [1.29, 1.82) is 0 Å². The zero-order valence-electron chi connectivity index (χ0n) is 3.16. The van der Waals surface area contributed by atoms with E-state index in [2.05, 4.69) is 0 Å². The second-order valence-electron chi connectivity index (χ2n) is 0. The molecule has 0 aliphatic rings. The van der Waals surface area contributed by atoms with Crippen LogP contribution in [0.4, 0.5) is 0 Å². The molecule has 0 heterocycles. The molecule has 0 aromatic rings. The van der Waals surface area contributed by atoms with Crippen LogP contribution in [0.1, 0.15) is 0 Å². The van der Waals surface area contributed by atoms with Gasteiger partial charge in [-0.15, -0.1) is 0 Å². The Morgan fingerprint density at radius 3 is 0.200 bits per heavy atom. The average molecular weight is 1310 g/mol. The number of hydrogen-bond donors (Lipinski definition) is 0. The van der Waals surface area contributed by atoms with Crippen LogP contribution in [0.2, 0.25) is 0 Å². The Morgan fingerprint density at radius 1 is 0.200 bits per heavy atom. The molecular formula is Dy7Ni3. The van der Waals surface area contributed by atoms with Crippen molar-refractivity contribution in [3.63, 3.8) is 0 Å². The SMILES string of the molecule is [Dy].[Dy].[Dy].[Dy].[Dy].[Dy].[Dy].[Ni].[Ni].[Ni]. The van der Waals surface area contributed by atoms with Gasteiger partial charge < -0.3 is 0 Å². The van der Waals surface area contributed by atoms with Crippen LogP contribution in [-0.4, -0.2) is 0 Å². The van der Waals surface area contributed by atoms with Crippen molar-refractivity contribution in [2.45, 2.75) is 0 Å². The summed E-state index contributed by atoms with van der Waals surface area (Å²) in [5.41, 5.74) is 0. The van der Waals surface area contributed by atoms with Crippen LogP contribution in [0.15, 0.2) is 0 Å². The largest absolute Gasteiger partial charge is 0 e. The predicted octanol–water partition coefficient (Wildman–Crippen LogP) is -0.00750. The summed E-state index contributed by atoms with van der Waals surface area (Å²) in [6, 6.07) is 0. The van der Waals surface area contributed by atoms with E-state index in [9.17, 15) is 0 Å². The van der Waals surface area contributed by atoms with Gasteiger partial charge in [0.15, 0.2) is 0 Å². The zero-order chi connectivity index (χ0) is 0. The molecule has 0 radical (unpaired) electrons. The summed E-state index contributed by atoms with van der Waals surface area (Å²) >= 11 is 0. The molecule has 0 unspecified atom stereocenters. The van der Waals surface area contributed by atoms with E-state index in [1.165, 1.54) is 0 Å². The molecular weight excluding hydrogens is 1310 g/mol. The maximum atomic E-state index is 0. The Labute approximate surface area is 305 Å². The van der Waals surface area contributed by atoms with Gasteiger partial charge in [0.25, 0.3) is 0 Å². The average Bonchev–Trinajstić information content (AvgIpc) is 0. The van der Waals surface area contributed by atoms with Gasteiger partial charge in [0.2, 0.25) is 0 Å². The molecule has 0 nitrogen and oxygen atoms in total. The minimum atomic E-state index is 0. The predicted molar refractivity (Wildman–Crippen MR) is 0 cm³/mol. The van der Waals surface area contributed by atoms with Crippen LogP contribution in [0.25, 0.3) is 0 Å². The molecule has 0 saturated heterocycles. The summed E-state index contributed by atoms with van der Waals surface area (Å²) in [7, 11) is 0. The molecule has 0 N–H and O–H groups in total. The first-order chi connectivity index (χ1) is 0. The van der Waals surface area contributed by atoms with Gasteiger partial charge in [-0.3, -0.25) is 0 Å². The van der Waals surface area contributed by atoms with Crippen LogP contribution in [-0.2, 0) is 49.5 Å². The van der Waals surface area contributed by atoms with Gasteiger partial charge in [0, 0.05) is 317 Å². The van der Waals surface area contributed by atoms with Gasteiger partial charge in [0.05, 0.1) is 0 Å². The van der Waals surface area contributed by atoms with Crippen molar-refractivity contribution >= 4 is 0 Å². The van der Waals surface area contributed by atoms with Crippen molar-refractivity contribution in [2.75, 3.05) is 0 Å². The van der Waals surface area contributed by atoms with E-state index in [-0.39, 0.29) is 317 Å². The second-order valence-corrected chi connectivity index (χ2v) is 0. The Hall–Kier alpha value is 10.4. The summed E-state index contributed by atoms with van der Waals surface area (Å²) in [5, 5.41) is 0. The standard InChI is InChI=1S/7Dy.3Ni. The van der Waals surface area contributed by atoms with Gasteiger partial charge in [-0.25, -0.2) is 0 Å². The van der Waals surface area contributed by atoms with E-state index in [1.54, 1.807) is 0 Å². The smallest absolute Gasteiger partial charge is 0 e. The fourth-order valence-corrected chi connectivity index (χ4v) is 0. The molecule has 0 fully saturated rings. The Balaban J connectivity index is 0. The minimum Gasteiger partial charge on any atom is 0 e. The van der Waals surface area contributed by atoms with Crippen LogP contribution >= 0.6 is 0 Å². The van der Waals surface area contributed by atoms with Crippen molar-refractivity contribution in [2.24, 2.45) is 0 Å². The Bertz CT molecular complexity index is 8.81. The number of hydrogen-bond acceptors (Lipinski definition) is 0. The quantitative estimate of drug-likeness (QED) is 0.300. The van der Waals surface area contributed by atoms with E-state index in [4.69, 9.17) is 0 Å². The third-order valence-corrected chi connectivity index (χ3v) is 0. The first kappa shape index (κ1) is 71.0. The topological polar surface area (TPSA) is 0 Å². The molecule has 0 aromatic heterocycles. The molecule has 0 bridgehead atoms. The molecule has 10 heavy (non-hydrogen) atoms. The monoisotopic (exact) mass is 1320 g/mol. The third-order valence-electron chi connectivity index (χ3n) is 0. The van der Waals surface area contributed by atoms with Gasteiger partial charge in [-0.2, -0.15) is 0 Å². The molecule has 100 valence electrons. The molecule has 0 spiro atoms. The van der Waals surface area contributed by atoms with Gasteiger partial charge in [-0.05, 0) is 0 Å². The van der Waals surface area contributed by atoms with E-state index >= 15 is 0 Å². The molecule has 0 atom stereocenters. The van der Waals surface area contributed by atoms with Crippen LogP contribution in [0.3, 0.4) is 0 Å². The maximum Gasteiger partial charge on any atom is 0 e. The molecule has 0 saturated carbocycles. The zero-order valence-corrected chi connectivity index (χ0v) is 20.3. The van der Waals surface area contributed by atoms with E-state index in [0.29, 0.717) is 0 Å².